The zero-order valence-electron chi connectivity index (χ0n) is 8.56. The van der Waals surface area contributed by atoms with Crippen LogP contribution in [0.15, 0.2) is 0 Å². The van der Waals surface area contributed by atoms with E-state index in [-0.39, 0.29) is 25.2 Å². The molecule has 6 nitrogen and oxygen atoms in total. The van der Waals surface area contributed by atoms with Crippen LogP contribution in [0.5, 0.6) is 0 Å². The van der Waals surface area contributed by atoms with Gasteiger partial charge in [-0.25, -0.2) is 0 Å². The molecule has 0 heterocycles. The molecule has 0 rings (SSSR count). The molecule has 2 unspecified atom stereocenters. The van der Waals surface area contributed by atoms with Crippen LogP contribution in [0.2, 0.25) is 0 Å². The summed E-state index contributed by atoms with van der Waals surface area (Å²) in [5.74, 6) is -1.72. The summed E-state index contributed by atoms with van der Waals surface area (Å²) in [5, 5.41) is 0. The summed E-state index contributed by atoms with van der Waals surface area (Å²) in [5.41, 5.74) is 15.9. The largest absolute Gasteiger partial charge is 0.361 e. The molecule has 0 aliphatic heterocycles. The molecule has 0 spiro atoms. The maximum absolute atomic E-state index is 11.3. The van der Waals surface area contributed by atoms with Crippen LogP contribution in [0.4, 0.5) is 0 Å². The van der Waals surface area contributed by atoms with Crippen molar-refractivity contribution >= 4 is 11.8 Å². The number of hydrogen-bond acceptors (Lipinski definition) is 4. The number of carbonyl (C=O) groups excluding carboxylic acids is 2. The van der Waals surface area contributed by atoms with Crippen LogP contribution in [0, 0.1) is 0 Å². The monoisotopic (exact) mass is 202 g/mol. The van der Waals surface area contributed by atoms with Crippen molar-refractivity contribution in [1.29, 1.82) is 0 Å². The summed E-state index contributed by atoms with van der Waals surface area (Å²) in [6.45, 7) is 4.04. The van der Waals surface area contributed by atoms with Gasteiger partial charge in [0.15, 0.2) is 0 Å². The van der Waals surface area contributed by atoms with Gasteiger partial charge in [0.25, 0.3) is 0 Å². The van der Waals surface area contributed by atoms with E-state index >= 15 is 0 Å². The number of nitrogens with zero attached hydrogens (tertiary/aromatic N) is 1. The highest BCUT2D eigenvalue weighted by Gasteiger charge is 2.20. The molecule has 0 aromatic carbocycles. The van der Waals surface area contributed by atoms with Gasteiger partial charge in [-0.05, 0) is 13.8 Å². The average molecular weight is 202 g/mol. The molecule has 0 aliphatic rings. The lowest BCUT2D eigenvalue weighted by Crippen LogP contribution is -2.49. The Morgan fingerprint density at radius 2 is 1.50 bits per heavy atom. The van der Waals surface area contributed by atoms with Gasteiger partial charge in [0.1, 0.15) is 0 Å². The molecule has 0 bridgehead atoms. The Balaban J connectivity index is 4.38. The molecule has 0 aromatic rings. The highest BCUT2D eigenvalue weighted by molar-refractivity contribution is 6.34. The van der Waals surface area contributed by atoms with Crippen molar-refractivity contribution in [2.24, 2.45) is 17.2 Å². The van der Waals surface area contributed by atoms with E-state index in [2.05, 4.69) is 0 Å². The molecule has 0 radical (unpaired) electrons. The number of primary amides is 1. The predicted octanol–water partition coefficient (Wildman–Crippen LogP) is -2.01. The minimum absolute atomic E-state index is 0.211. The van der Waals surface area contributed by atoms with Crippen LogP contribution in [0.1, 0.15) is 13.8 Å². The lowest BCUT2D eigenvalue weighted by atomic mass is 10.2. The third kappa shape index (κ3) is 4.78. The molecule has 6 heteroatoms. The molecule has 0 saturated carbocycles. The maximum Gasteiger partial charge on any atom is 0.311 e. The van der Waals surface area contributed by atoms with Crippen LogP contribution in [-0.2, 0) is 9.59 Å². The number of amides is 2. The van der Waals surface area contributed by atoms with Crippen molar-refractivity contribution in [3.05, 3.63) is 0 Å². The highest BCUT2D eigenvalue weighted by Crippen LogP contribution is 1.94. The zero-order valence-corrected chi connectivity index (χ0v) is 8.56. The molecule has 2 atom stereocenters. The molecule has 14 heavy (non-hydrogen) atoms. The molecule has 0 saturated heterocycles. The van der Waals surface area contributed by atoms with E-state index in [0.717, 1.165) is 0 Å². The van der Waals surface area contributed by atoms with Crippen LogP contribution in [0.25, 0.3) is 0 Å². The minimum Gasteiger partial charge on any atom is -0.361 e. The highest BCUT2D eigenvalue weighted by atomic mass is 16.2. The molecule has 0 fully saturated rings. The Bertz CT molecular complexity index is 205. The Hall–Kier alpha value is -1.14. The summed E-state index contributed by atoms with van der Waals surface area (Å²) in [6, 6.07) is -0.422. The summed E-state index contributed by atoms with van der Waals surface area (Å²) < 4.78 is 0. The number of hydrogen-bond donors (Lipinski definition) is 3. The van der Waals surface area contributed by atoms with E-state index < -0.39 is 11.8 Å². The summed E-state index contributed by atoms with van der Waals surface area (Å²) in [4.78, 5) is 23.2. The third-order valence-electron chi connectivity index (χ3n) is 1.51. The average Bonchev–Trinajstić information content (AvgIpc) is 1.99. The summed E-state index contributed by atoms with van der Waals surface area (Å²) >= 11 is 0. The zero-order chi connectivity index (χ0) is 11.3. The molecule has 6 N–H and O–H groups in total. The van der Waals surface area contributed by atoms with E-state index in [1.807, 2.05) is 0 Å². The fourth-order valence-corrected chi connectivity index (χ4v) is 1.09. The van der Waals surface area contributed by atoms with E-state index in [4.69, 9.17) is 17.2 Å². The van der Waals surface area contributed by atoms with Gasteiger partial charge >= 0.3 is 11.8 Å². The van der Waals surface area contributed by atoms with Crippen molar-refractivity contribution in [3.8, 4) is 0 Å². The van der Waals surface area contributed by atoms with E-state index in [9.17, 15) is 9.59 Å². The van der Waals surface area contributed by atoms with Crippen molar-refractivity contribution in [2.45, 2.75) is 25.9 Å². The van der Waals surface area contributed by atoms with Gasteiger partial charge in [-0.15, -0.1) is 0 Å². The van der Waals surface area contributed by atoms with Crippen LogP contribution in [0.3, 0.4) is 0 Å². The van der Waals surface area contributed by atoms with Gasteiger partial charge in [0, 0.05) is 25.2 Å². The van der Waals surface area contributed by atoms with Gasteiger partial charge in [0.2, 0.25) is 0 Å². The smallest absolute Gasteiger partial charge is 0.311 e. The van der Waals surface area contributed by atoms with Crippen LogP contribution < -0.4 is 17.2 Å². The number of rotatable bonds is 4. The molecule has 2 amide bonds. The topological polar surface area (TPSA) is 115 Å². The molecule has 82 valence electrons. The maximum atomic E-state index is 11.3. The molecular weight excluding hydrogens is 184 g/mol. The van der Waals surface area contributed by atoms with E-state index in [0.29, 0.717) is 0 Å². The molecule has 0 aromatic heterocycles. The third-order valence-corrected chi connectivity index (χ3v) is 1.51. The fourth-order valence-electron chi connectivity index (χ4n) is 1.09. The predicted molar refractivity (Wildman–Crippen MR) is 53.1 cm³/mol. The van der Waals surface area contributed by atoms with Gasteiger partial charge in [-0.2, -0.15) is 0 Å². The Morgan fingerprint density at radius 1 is 1.14 bits per heavy atom. The fraction of sp³-hybridized carbons (Fsp3) is 0.750. The lowest BCUT2D eigenvalue weighted by Gasteiger charge is -2.24. The molecular formula is C8H18N4O2. The lowest BCUT2D eigenvalue weighted by molar-refractivity contribution is -0.144. The normalized spacial score (nSPS) is 14.6. The first-order chi connectivity index (χ1) is 6.34. The first kappa shape index (κ1) is 12.9. The minimum atomic E-state index is -0.980. The quantitative estimate of drug-likeness (QED) is 0.457. The van der Waals surface area contributed by atoms with Crippen LogP contribution in [-0.4, -0.2) is 41.9 Å². The standard InChI is InChI=1S/C8H18N4O2/c1-5(9)3-12(4-6(2)10)8(14)7(11)13/h5-6H,3-4,9-10H2,1-2H3,(H2,11,13). The van der Waals surface area contributed by atoms with Gasteiger partial charge in [-0.1, -0.05) is 0 Å². The second kappa shape index (κ2) is 5.56. The van der Waals surface area contributed by atoms with Gasteiger partial charge < -0.3 is 22.1 Å². The van der Waals surface area contributed by atoms with Crippen molar-refractivity contribution in [2.75, 3.05) is 13.1 Å². The second-order valence-electron chi connectivity index (χ2n) is 3.53. The first-order valence-corrected chi connectivity index (χ1v) is 4.44. The number of nitrogens with two attached hydrogens (primary N) is 3. The summed E-state index contributed by atoms with van der Waals surface area (Å²) in [6.07, 6.45) is 0. The number of carbonyl (C=O) groups is 2. The first-order valence-electron chi connectivity index (χ1n) is 4.44. The van der Waals surface area contributed by atoms with Gasteiger partial charge in [-0.3, -0.25) is 9.59 Å². The second-order valence-corrected chi connectivity index (χ2v) is 3.53. The SMILES string of the molecule is CC(N)CN(CC(C)N)C(=O)C(N)=O. The Morgan fingerprint density at radius 3 is 1.71 bits per heavy atom. The summed E-state index contributed by atoms with van der Waals surface area (Å²) in [7, 11) is 0. The Labute approximate surface area is 83.4 Å². The van der Waals surface area contributed by atoms with Crippen molar-refractivity contribution in [1.82, 2.24) is 4.90 Å². The Kier molecular flexibility index (Phi) is 5.11. The molecule has 0 aliphatic carbocycles. The van der Waals surface area contributed by atoms with Gasteiger partial charge in [0.05, 0.1) is 0 Å². The van der Waals surface area contributed by atoms with E-state index in [1.54, 1.807) is 13.8 Å². The van der Waals surface area contributed by atoms with Crippen molar-refractivity contribution < 1.29 is 9.59 Å². The van der Waals surface area contributed by atoms with E-state index in [1.165, 1.54) is 4.90 Å². The van der Waals surface area contributed by atoms with Crippen LogP contribution >= 0.6 is 0 Å². The van der Waals surface area contributed by atoms with Crippen molar-refractivity contribution in [3.63, 3.8) is 0 Å².